The third-order valence-corrected chi connectivity index (χ3v) is 140. The first-order valence-corrected chi connectivity index (χ1v) is 54.3. The Morgan fingerprint density at radius 1 is 0.284 bits per heavy atom. The first-order valence-electron chi connectivity index (χ1n) is 33.6. The van der Waals surface area contributed by atoms with Gasteiger partial charge in [0.25, 0.3) is 0 Å². The molecule has 0 radical (unpaired) electrons. The van der Waals surface area contributed by atoms with E-state index in [1.807, 2.05) is 0 Å². The summed E-state index contributed by atoms with van der Waals surface area (Å²) in [6, 6.07) is 81.4. The number of hydrogen-bond donors (Lipinski definition) is 0. The van der Waals surface area contributed by atoms with Gasteiger partial charge in [-0.15, -0.1) is 0 Å². The van der Waals surface area contributed by atoms with Crippen LogP contribution in [-0.4, -0.2) is 17.6 Å². The van der Waals surface area contributed by atoms with E-state index in [0.29, 0.717) is 0 Å². The standard InChI is InChI=1S/2C43H36O2Si.2ClH.Hf/c2*1-26-22-40(44-28(26)3)38-24-36-32(30-14-8-6-9-15-30)18-12-20-34(36)42(38)46(5)43-35-21-13-19-33(31-16-10-7-11-17-31)37(35)25-39(43)41-23-27(2)29(4)45-41;;;/h2*6-25,46H,1-5H3;2*1H;/q;;;;+2/p-2. The molecule has 4 atom stereocenters. The van der Waals surface area contributed by atoms with Gasteiger partial charge < -0.3 is 0 Å². The zero-order valence-corrected chi connectivity index (χ0v) is 62.6. The maximum atomic E-state index is 12.0. The molecule has 4 unspecified atom stereocenters. The quantitative estimate of drug-likeness (QED) is 0.142. The number of halogens is 2. The SMILES string of the molecule is Cc1cc(C2=Cc3c(-c4ccccc4)cccc3[C]23[SiH](C)[C]2(C(c4cc(C)c(C)o4)=Cc4c(-c5ccccc5)cccc42)[Hf]32([Cl])([Cl])[C]3(C(c4cc(C)c(C)o4)=Cc4c(-c5ccccc5)cccc43)[SiH](C)[C]23C(c2cc(C)c(C)o2)=Cc2c(-c4ccccc4)cccc23)oc1C. The van der Waals surface area contributed by atoms with Gasteiger partial charge >= 0.3 is 569 Å². The third kappa shape index (κ3) is 6.35. The third-order valence-electron chi connectivity index (χ3n) is 25.2. The van der Waals surface area contributed by atoms with Gasteiger partial charge in [-0.25, -0.2) is 0 Å². The molecule has 6 heterocycles. The van der Waals surface area contributed by atoms with E-state index < -0.39 is 43.4 Å². The Morgan fingerprint density at radius 3 is 0.684 bits per heavy atom. The minimum atomic E-state index is -8.77. The van der Waals surface area contributed by atoms with E-state index in [1.165, 1.54) is 22.3 Å². The van der Waals surface area contributed by atoms with Crippen molar-refractivity contribution in [1.29, 1.82) is 0 Å². The number of benzene rings is 8. The zero-order chi connectivity index (χ0) is 65.2. The summed E-state index contributed by atoms with van der Waals surface area (Å²) in [4.78, 5) is 0. The van der Waals surface area contributed by atoms with Crippen molar-refractivity contribution in [3.63, 3.8) is 0 Å². The minimum absolute atomic E-state index is 0.802. The normalized spacial score (nSPS) is 24.6. The molecule has 0 N–H and O–H groups in total. The summed E-state index contributed by atoms with van der Waals surface area (Å²) in [5, 5.41) is 0. The van der Waals surface area contributed by atoms with Crippen LogP contribution in [0.25, 0.3) is 91.1 Å². The molecular weight excluding hydrogens is 1400 g/mol. The van der Waals surface area contributed by atoms with E-state index >= 15 is 0 Å². The van der Waals surface area contributed by atoms with Crippen molar-refractivity contribution in [3.8, 4) is 44.5 Å². The van der Waals surface area contributed by atoms with Crippen LogP contribution < -0.4 is 0 Å². The molecule has 9 heteroatoms. The Morgan fingerprint density at radius 2 is 0.495 bits per heavy atom. The van der Waals surface area contributed by atoms with Crippen LogP contribution in [0.1, 0.15) is 113 Å². The fourth-order valence-corrected chi connectivity index (χ4v) is 188. The Labute approximate surface area is 564 Å². The van der Waals surface area contributed by atoms with Crippen molar-refractivity contribution in [2.75, 3.05) is 0 Å². The van der Waals surface area contributed by atoms with E-state index in [1.54, 1.807) is 0 Å². The van der Waals surface area contributed by atoms with Gasteiger partial charge in [0.1, 0.15) is 0 Å². The molecule has 2 saturated heterocycles. The first kappa shape index (κ1) is 59.2. The molecule has 0 amide bonds. The average molecular weight is 1480 g/mol. The van der Waals surface area contributed by atoms with Crippen LogP contribution in [0.4, 0.5) is 0 Å². The summed E-state index contributed by atoms with van der Waals surface area (Å²) in [5.74, 6) is 6.65. The van der Waals surface area contributed by atoms with Gasteiger partial charge in [-0.1, -0.05) is 0 Å². The molecule has 0 saturated carbocycles. The van der Waals surface area contributed by atoms with E-state index in [0.717, 1.165) is 157 Å². The molecule has 4 nitrogen and oxygen atoms in total. The van der Waals surface area contributed by atoms with Crippen molar-refractivity contribution >= 4 is 81.3 Å². The number of hydrogen-bond acceptors (Lipinski definition) is 4. The monoisotopic (exact) mass is 1470 g/mol. The number of furan rings is 4. The van der Waals surface area contributed by atoms with Crippen molar-refractivity contribution in [2.24, 2.45) is 0 Å². The molecular formula is C86H72Cl2HfO4Si2. The Kier molecular flexibility index (Phi) is 12.3. The molecule has 4 aliphatic carbocycles. The van der Waals surface area contributed by atoms with Gasteiger partial charge in [0.05, 0.1) is 0 Å². The molecule has 0 bridgehead atoms. The second-order valence-electron chi connectivity index (χ2n) is 28.4. The summed E-state index contributed by atoms with van der Waals surface area (Å²) < 4.78 is 25.8. The maximum absolute atomic E-state index is 12.0. The van der Waals surface area contributed by atoms with Gasteiger partial charge in [0, 0.05) is 0 Å². The summed E-state index contributed by atoms with van der Waals surface area (Å²) in [6.07, 6.45) is 10.1. The molecule has 466 valence electrons. The van der Waals surface area contributed by atoms with E-state index in [-0.39, 0.29) is 0 Å². The molecule has 2 aliphatic heterocycles. The number of aryl methyl sites for hydroxylation is 8. The molecule has 8 aromatic carbocycles. The molecule has 5 spiro atoms. The second kappa shape index (κ2) is 19.7. The van der Waals surface area contributed by atoms with Gasteiger partial charge in [0.2, 0.25) is 0 Å². The molecule has 12 aromatic rings. The molecule has 18 rings (SSSR count). The summed E-state index contributed by atoms with van der Waals surface area (Å²) in [6.45, 7) is 22.5. The van der Waals surface area contributed by atoms with E-state index in [2.05, 4.69) is 311 Å². The Bertz CT molecular complexity index is 4730. The average Bonchev–Trinajstić information content (AvgIpc) is 1.52. The van der Waals surface area contributed by atoms with Crippen molar-refractivity contribution in [1.82, 2.24) is 0 Å². The van der Waals surface area contributed by atoms with E-state index in [9.17, 15) is 17.2 Å². The first-order chi connectivity index (χ1) is 45.9. The van der Waals surface area contributed by atoms with E-state index in [4.69, 9.17) is 17.7 Å². The van der Waals surface area contributed by atoms with Crippen molar-refractivity contribution < 1.29 is 32.3 Å². The van der Waals surface area contributed by atoms with Crippen molar-refractivity contribution in [2.45, 2.75) is 79.7 Å². The fourth-order valence-electron chi connectivity index (χ4n) is 21.8. The fraction of sp³-hybridized carbons (Fsp3) is 0.163. The molecule has 6 aliphatic rings. The topological polar surface area (TPSA) is 52.6 Å². The van der Waals surface area contributed by atoms with Crippen LogP contribution in [0.2, 0.25) is 13.1 Å². The van der Waals surface area contributed by atoms with Crippen molar-refractivity contribution in [3.05, 3.63) is 331 Å². The van der Waals surface area contributed by atoms with Crippen LogP contribution in [0.15, 0.2) is 236 Å². The molecule has 95 heavy (non-hydrogen) atoms. The number of allylic oxidation sites excluding steroid dienone is 4. The Balaban J connectivity index is 1.18. The Hall–Kier alpha value is -8.28. The van der Waals surface area contributed by atoms with Gasteiger partial charge in [-0.3, -0.25) is 0 Å². The molecule has 2 fully saturated rings. The van der Waals surface area contributed by atoms with Gasteiger partial charge in [-0.2, -0.15) is 0 Å². The molecule has 4 aromatic heterocycles. The predicted octanol–water partition coefficient (Wildman–Crippen LogP) is 22.7. The van der Waals surface area contributed by atoms with Crippen LogP contribution in [-0.2, 0) is 25.8 Å². The number of fused-ring (bicyclic) bond motifs is 12. The summed E-state index contributed by atoms with van der Waals surface area (Å²) >= 11 is -8.77. The van der Waals surface area contributed by atoms with Crippen LogP contribution in [0.5, 0.6) is 0 Å². The van der Waals surface area contributed by atoms with Crippen LogP contribution >= 0.6 is 17.2 Å². The summed E-state index contributed by atoms with van der Waals surface area (Å²) in [7, 11) is 17.9. The predicted molar refractivity (Wildman–Crippen MR) is 396 cm³/mol. The van der Waals surface area contributed by atoms with Crippen LogP contribution in [0.3, 0.4) is 0 Å². The second-order valence-corrected chi connectivity index (χ2v) is 82.8. The van der Waals surface area contributed by atoms with Gasteiger partial charge in [0.15, 0.2) is 0 Å². The van der Waals surface area contributed by atoms with Crippen LogP contribution in [0, 0.1) is 55.4 Å². The summed E-state index contributed by atoms with van der Waals surface area (Å²) in [5.41, 5.74) is 26.7. The van der Waals surface area contributed by atoms with Gasteiger partial charge in [-0.05, 0) is 0 Å². The number of rotatable bonds is 8. The zero-order valence-electron chi connectivity index (χ0n) is 55.1.